The smallest absolute Gasteiger partial charge is 0.237 e. The summed E-state index contributed by atoms with van der Waals surface area (Å²) in [6.45, 7) is 2.43. The van der Waals surface area contributed by atoms with E-state index in [0.29, 0.717) is 18.4 Å². The van der Waals surface area contributed by atoms with E-state index >= 15 is 0 Å². The second kappa shape index (κ2) is 6.20. The van der Waals surface area contributed by atoms with Gasteiger partial charge in [0.1, 0.15) is 12.4 Å². The van der Waals surface area contributed by atoms with E-state index in [2.05, 4.69) is 31.2 Å². The van der Waals surface area contributed by atoms with Crippen molar-refractivity contribution in [3.63, 3.8) is 0 Å². The van der Waals surface area contributed by atoms with Crippen molar-refractivity contribution in [3.8, 4) is 0 Å². The maximum Gasteiger partial charge on any atom is 0.237 e. The summed E-state index contributed by atoms with van der Waals surface area (Å²) < 4.78 is 7.60. The molecule has 0 aromatic carbocycles. The number of piperidine rings is 1. The van der Waals surface area contributed by atoms with Crippen LogP contribution in [-0.4, -0.2) is 38.1 Å². The van der Waals surface area contributed by atoms with Gasteiger partial charge in [0.25, 0.3) is 0 Å². The number of hydrogen-bond donors (Lipinski definition) is 0. The highest BCUT2D eigenvalue weighted by Crippen LogP contribution is 2.28. The fourth-order valence-corrected chi connectivity index (χ4v) is 2.92. The minimum absolute atomic E-state index is 0.328. The van der Waals surface area contributed by atoms with Crippen LogP contribution in [0.5, 0.6) is 0 Å². The molecule has 0 N–H and O–H groups in total. The molecule has 1 aliphatic heterocycles. The van der Waals surface area contributed by atoms with Crippen LogP contribution in [0.15, 0.2) is 47.3 Å². The van der Waals surface area contributed by atoms with Crippen molar-refractivity contribution in [1.82, 2.24) is 25.0 Å². The summed E-state index contributed by atoms with van der Waals surface area (Å²) in [6, 6.07) is 7.89. The van der Waals surface area contributed by atoms with E-state index in [1.807, 2.05) is 30.6 Å². The lowest BCUT2D eigenvalue weighted by atomic mass is 9.97. The van der Waals surface area contributed by atoms with Crippen molar-refractivity contribution in [3.05, 3.63) is 54.6 Å². The van der Waals surface area contributed by atoms with Gasteiger partial charge in [-0.05, 0) is 31.0 Å². The minimum atomic E-state index is 0.328. The van der Waals surface area contributed by atoms with Gasteiger partial charge in [0, 0.05) is 37.6 Å². The standard InChI is InChI=1S/C16H18N6O/c1-2-7-17-14(4-1)21-10-5-13(6-11-21)16-20-19-15(23-16)12-22-9-3-8-18-22/h1-4,7-9,13H,5-6,10-12H2. The molecule has 23 heavy (non-hydrogen) atoms. The van der Waals surface area contributed by atoms with Crippen LogP contribution in [-0.2, 0) is 6.54 Å². The average Bonchev–Trinajstić information content (AvgIpc) is 3.28. The fourth-order valence-electron chi connectivity index (χ4n) is 2.92. The first kappa shape index (κ1) is 13.9. The number of aromatic nitrogens is 5. The number of anilines is 1. The molecule has 7 heteroatoms. The first-order valence-electron chi connectivity index (χ1n) is 7.84. The average molecular weight is 310 g/mol. The number of pyridine rings is 1. The van der Waals surface area contributed by atoms with Gasteiger partial charge in [0.2, 0.25) is 11.8 Å². The highest BCUT2D eigenvalue weighted by Gasteiger charge is 2.25. The Bertz CT molecular complexity index is 731. The third-order valence-corrected chi connectivity index (χ3v) is 4.16. The lowest BCUT2D eigenvalue weighted by molar-refractivity contribution is 0.368. The van der Waals surface area contributed by atoms with Crippen LogP contribution in [0, 0.1) is 0 Å². The van der Waals surface area contributed by atoms with Gasteiger partial charge in [-0.25, -0.2) is 4.98 Å². The van der Waals surface area contributed by atoms with E-state index in [4.69, 9.17) is 4.42 Å². The zero-order valence-electron chi connectivity index (χ0n) is 12.7. The molecule has 0 saturated carbocycles. The molecule has 0 radical (unpaired) electrons. The number of nitrogens with zero attached hydrogens (tertiary/aromatic N) is 6. The monoisotopic (exact) mass is 310 g/mol. The summed E-state index contributed by atoms with van der Waals surface area (Å²) in [5, 5.41) is 12.5. The van der Waals surface area contributed by atoms with Crippen LogP contribution in [0.25, 0.3) is 0 Å². The van der Waals surface area contributed by atoms with Crippen molar-refractivity contribution in [2.24, 2.45) is 0 Å². The van der Waals surface area contributed by atoms with Crippen LogP contribution in [0.2, 0.25) is 0 Å². The molecule has 0 unspecified atom stereocenters. The number of rotatable bonds is 4. The minimum Gasteiger partial charge on any atom is -0.423 e. The molecule has 0 spiro atoms. The van der Waals surface area contributed by atoms with Crippen molar-refractivity contribution < 1.29 is 4.42 Å². The van der Waals surface area contributed by atoms with Crippen molar-refractivity contribution in [2.75, 3.05) is 18.0 Å². The summed E-state index contributed by atoms with van der Waals surface area (Å²) in [4.78, 5) is 6.71. The first-order chi connectivity index (χ1) is 11.4. The molecule has 0 aliphatic carbocycles. The third kappa shape index (κ3) is 3.08. The second-order valence-corrected chi connectivity index (χ2v) is 5.69. The molecule has 7 nitrogen and oxygen atoms in total. The molecule has 0 atom stereocenters. The van der Waals surface area contributed by atoms with E-state index < -0.39 is 0 Å². The van der Waals surface area contributed by atoms with Crippen LogP contribution in [0.4, 0.5) is 5.82 Å². The Morgan fingerprint density at radius 1 is 1.09 bits per heavy atom. The molecule has 3 aromatic heterocycles. The van der Waals surface area contributed by atoms with E-state index in [-0.39, 0.29) is 0 Å². The highest BCUT2D eigenvalue weighted by atomic mass is 16.4. The zero-order valence-corrected chi connectivity index (χ0v) is 12.7. The molecule has 1 saturated heterocycles. The molecule has 0 amide bonds. The van der Waals surface area contributed by atoms with Gasteiger partial charge in [-0.1, -0.05) is 6.07 Å². The molecule has 1 aliphatic rings. The molecule has 4 rings (SSSR count). The summed E-state index contributed by atoms with van der Waals surface area (Å²) in [7, 11) is 0. The lowest BCUT2D eigenvalue weighted by Gasteiger charge is -2.31. The second-order valence-electron chi connectivity index (χ2n) is 5.69. The molecular weight excluding hydrogens is 292 g/mol. The Morgan fingerprint density at radius 2 is 2.00 bits per heavy atom. The predicted molar refractivity (Wildman–Crippen MR) is 84.1 cm³/mol. The van der Waals surface area contributed by atoms with E-state index in [1.165, 1.54) is 0 Å². The Morgan fingerprint density at radius 3 is 2.74 bits per heavy atom. The van der Waals surface area contributed by atoms with Crippen LogP contribution in [0.1, 0.15) is 30.5 Å². The molecule has 1 fully saturated rings. The van der Waals surface area contributed by atoms with E-state index in [0.717, 1.165) is 37.6 Å². The maximum atomic E-state index is 5.82. The Balaban J connectivity index is 1.38. The first-order valence-corrected chi connectivity index (χ1v) is 7.84. The number of hydrogen-bond acceptors (Lipinski definition) is 6. The van der Waals surface area contributed by atoms with Gasteiger partial charge < -0.3 is 9.32 Å². The molecule has 0 bridgehead atoms. The summed E-state index contributed by atoms with van der Waals surface area (Å²) in [5.41, 5.74) is 0. The van der Waals surface area contributed by atoms with Gasteiger partial charge >= 0.3 is 0 Å². The largest absolute Gasteiger partial charge is 0.423 e. The van der Waals surface area contributed by atoms with Crippen LogP contribution in [0.3, 0.4) is 0 Å². The summed E-state index contributed by atoms with van der Waals surface area (Å²) >= 11 is 0. The van der Waals surface area contributed by atoms with E-state index in [9.17, 15) is 0 Å². The molecule has 3 aromatic rings. The van der Waals surface area contributed by atoms with Gasteiger partial charge in [0.05, 0.1) is 0 Å². The van der Waals surface area contributed by atoms with Gasteiger partial charge in [-0.2, -0.15) is 5.10 Å². The van der Waals surface area contributed by atoms with Crippen molar-refractivity contribution in [2.45, 2.75) is 25.3 Å². The fraction of sp³-hybridized carbons (Fsp3) is 0.375. The molecule has 118 valence electrons. The van der Waals surface area contributed by atoms with Crippen LogP contribution < -0.4 is 4.90 Å². The van der Waals surface area contributed by atoms with E-state index in [1.54, 1.807) is 10.9 Å². The molecule has 4 heterocycles. The van der Waals surface area contributed by atoms with Crippen molar-refractivity contribution >= 4 is 5.82 Å². The lowest BCUT2D eigenvalue weighted by Crippen LogP contribution is -2.33. The summed E-state index contributed by atoms with van der Waals surface area (Å²) in [5.74, 6) is 2.72. The van der Waals surface area contributed by atoms with Gasteiger partial charge in [0.15, 0.2) is 0 Å². The van der Waals surface area contributed by atoms with Crippen LogP contribution >= 0.6 is 0 Å². The summed E-state index contributed by atoms with van der Waals surface area (Å²) in [6.07, 6.45) is 7.46. The Kier molecular flexibility index (Phi) is 3.75. The van der Waals surface area contributed by atoms with Gasteiger partial charge in [-0.15, -0.1) is 10.2 Å². The van der Waals surface area contributed by atoms with Crippen molar-refractivity contribution in [1.29, 1.82) is 0 Å². The maximum absolute atomic E-state index is 5.82. The van der Waals surface area contributed by atoms with Gasteiger partial charge in [-0.3, -0.25) is 4.68 Å². The normalized spacial score (nSPS) is 15.9. The Hall–Kier alpha value is -2.70. The topological polar surface area (TPSA) is 72.9 Å². The quantitative estimate of drug-likeness (QED) is 0.735. The predicted octanol–water partition coefficient (Wildman–Crippen LogP) is 2.09. The zero-order chi connectivity index (χ0) is 15.5. The molecular formula is C16H18N6O. The highest BCUT2D eigenvalue weighted by molar-refractivity contribution is 5.38. The SMILES string of the molecule is c1ccc(N2CCC(c3nnc(Cn4cccn4)o3)CC2)nc1. The third-order valence-electron chi connectivity index (χ3n) is 4.16. The Labute approximate surface area is 134 Å².